The number of nitrogens with zero attached hydrogens (tertiary/aromatic N) is 1. The van der Waals surface area contributed by atoms with Crippen LogP contribution in [0.1, 0.15) is 35.7 Å². The van der Waals surface area contributed by atoms with Crippen molar-refractivity contribution in [1.82, 2.24) is 10.2 Å². The first kappa shape index (κ1) is 19.1. The van der Waals surface area contributed by atoms with Crippen LogP contribution in [0.4, 0.5) is 0 Å². The lowest BCUT2D eigenvalue weighted by Gasteiger charge is -2.31. The molecule has 5 nitrogen and oxygen atoms in total. The molecule has 1 saturated heterocycles. The van der Waals surface area contributed by atoms with Crippen molar-refractivity contribution in [2.24, 2.45) is 0 Å². The van der Waals surface area contributed by atoms with Crippen molar-refractivity contribution in [3.8, 4) is 5.75 Å². The van der Waals surface area contributed by atoms with Gasteiger partial charge in [0.2, 0.25) is 0 Å². The highest BCUT2D eigenvalue weighted by molar-refractivity contribution is 6.08. The second kappa shape index (κ2) is 9.33. The minimum atomic E-state index is -0.102. The monoisotopic (exact) mass is 366 g/mol. The highest BCUT2D eigenvalue weighted by atomic mass is 16.5. The number of amides is 1. The van der Waals surface area contributed by atoms with Gasteiger partial charge in [0.05, 0.1) is 0 Å². The summed E-state index contributed by atoms with van der Waals surface area (Å²) in [6.45, 7) is 5.26. The van der Waals surface area contributed by atoms with E-state index >= 15 is 0 Å². The molecule has 1 amide bonds. The summed E-state index contributed by atoms with van der Waals surface area (Å²) in [6.07, 6.45) is 1.96. The Kier molecular flexibility index (Phi) is 6.60. The molecule has 142 valence electrons. The van der Waals surface area contributed by atoms with Gasteiger partial charge in [-0.1, -0.05) is 37.3 Å². The first-order valence-electron chi connectivity index (χ1n) is 9.50. The van der Waals surface area contributed by atoms with Gasteiger partial charge in [-0.25, -0.2) is 0 Å². The van der Waals surface area contributed by atoms with Crippen LogP contribution in [0.5, 0.6) is 5.75 Å². The molecule has 1 aliphatic heterocycles. The highest BCUT2D eigenvalue weighted by Crippen LogP contribution is 2.16. The van der Waals surface area contributed by atoms with Crippen LogP contribution in [0.15, 0.2) is 54.6 Å². The second-order valence-corrected chi connectivity index (χ2v) is 6.78. The molecule has 0 aliphatic carbocycles. The van der Waals surface area contributed by atoms with Crippen molar-refractivity contribution in [2.45, 2.75) is 25.8 Å². The van der Waals surface area contributed by atoms with Crippen LogP contribution >= 0.6 is 0 Å². The van der Waals surface area contributed by atoms with Crippen LogP contribution in [0, 0.1) is 0 Å². The van der Waals surface area contributed by atoms with Gasteiger partial charge in [0, 0.05) is 30.3 Å². The highest BCUT2D eigenvalue weighted by Gasteiger charge is 2.19. The zero-order valence-corrected chi connectivity index (χ0v) is 15.7. The van der Waals surface area contributed by atoms with Gasteiger partial charge in [0.25, 0.3) is 5.91 Å². The molecule has 1 fully saturated rings. The van der Waals surface area contributed by atoms with E-state index in [1.807, 2.05) is 18.2 Å². The Balaban J connectivity index is 1.46. The zero-order chi connectivity index (χ0) is 19.1. The molecule has 2 aromatic rings. The first-order valence-corrected chi connectivity index (χ1v) is 9.50. The summed E-state index contributed by atoms with van der Waals surface area (Å²) in [7, 11) is 0. The van der Waals surface area contributed by atoms with Crippen molar-refractivity contribution in [1.29, 1.82) is 0 Å². The van der Waals surface area contributed by atoms with Crippen molar-refractivity contribution in [3.63, 3.8) is 0 Å². The number of benzene rings is 2. The summed E-state index contributed by atoms with van der Waals surface area (Å²) >= 11 is 0. The number of hydrogen-bond acceptors (Lipinski definition) is 4. The van der Waals surface area contributed by atoms with Crippen molar-refractivity contribution >= 4 is 11.7 Å². The maximum absolute atomic E-state index is 12.4. The average molecular weight is 366 g/mol. The Labute approximate surface area is 160 Å². The first-order chi connectivity index (χ1) is 13.2. The van der Waals surface area contributed by atoms with E-state index in [0.717, 1.165) is 32.5 Å². The minimum absolute atomic E-state index is 0.0139. The Bertz CT molecular complexity index is 751. The minimum Gasteiger partial charge on any atom is -0.484 e. The van der Waals surface area contributed by atoms with Gasteiger partial charge in [-0.2, -0.15) is 0 Å². The number of ether oxygens (including phenoxy) is 1. The maximum Gasteiger partial charge on any atom is 0.258 e. The molecule has 0 saturated carbocycles. The van der Waals surface area contributed by atoms with Gasteiger partial charge in [-0.05, 0) is 43.7 Å². The van der Waals surface area contributed by atoms with Crippen LogP contribution in [0.3, 0.4) is 0 Å². The molecule has 1 N–H and O–H groups in total. The molecule has 5 heteroatoms. The number of piperidine rings is 1. The molecule has 1 heterocycles. The van der Waals surface area contributed by atoms with Crippen LogP contribution in [0.2, 0.25) is 0 Å². The summed E-state index contributed by atoms with van der Waals surface area (Å²) in [6, 6.07) is 16.3. The van der Waals surface area contributed by atoms with E-state index in [9.17, 15) is 9.59 Å². The van der Waals surface area contributed by atoms with Crippen molar-refractivity contribution in [3.05, 3.63) is 65.7 Å². The fraction of sp³-hybridized carbons (Fsp3) is 0.364. The number of rotatable bonds is 7. The van der Waals surface area contributed by atoms with Gasteiger partial charge in [-0.3, -0.25) is 9.59 Å². The van der Waals surface area contributed by atoms with Gasteiger partial charge < -0.3 is 15.0 Å². The van der Waals surface area contributed by atoms with Crippen LogP contribution in [-0.2, 0) is 4.79 Å². The van der Waals surface area contributed by atoms with Crippen LogP contribution in [-0.4, -0.2) is 48.9 Å². The largest absolute Gasteiger partial charge is 0.484 e. The van der Waals surface area contributed by atoms with E-state index in [4.69, 9.17) is 4.74 Å². The number of carbonyl (C=O) groups excluding carboxylic acids is 2. The molecule has 2 aromatic carbocycles. The summed E-state index contributed by atoms with van der Waals surface area (Å²) in [5, 5.41) is 3.04. The Morgan fingerprint density at radius 1 is 1.00 bits per heavy atom. The SMILES string of the molecule is CCN1CCC(NC(=O)COc2ccc(C(=O)c3ccccc3)cc2)CC1. The molecule has 1 aliphatic rings. The Morgan fingerprint density at radius 2 is 1.63 bits per heavy atom. The third-order valence-electron chi connectivity index (χ3n) is 4.92. The normalized spacial score (nSPS) is 15.3. The third-order valence-corrected chi connectivity index (χ3v) is 4.92. The van der Waals surface area contributed by atoms with Crippen LogP contribution < -0.4 is 10.1 Å². The van der Waals surface area contributed by atoms with E-state index in [2.05, 4.69) is 17.1 Å². The Morgan fingerprint density at radius 3 is 2.26 bits per heavy atom. The topological polar surface area (TPSA) is 58.6 Å². The lowest BCUT2D eigenvalue weighted by atomic mass is 10.0. The van der Waals surface area contributed by atoms with Gasteiger partial charge in [-0.15, -0.1) is 0 Å². The van der Waals surface area contributed by atoms with Crippen molar-refractivity contribution < 1.29 is 14.3 Å². The van der Waals surface area contributed by atoms with E-state index in [0.29, 0.717) is 16.9 Å². The molecule has 0 unspecified atom stereocenters. The van der Waals surface area contributed by atoms with E-state index in [1.165, 1.54) is 0 Å². The number of carbonyl (C=O) groups is 2. The number of nitrogens with one attached hydrogen (secondary N) is 1. The summed E-state index contributed by atoms with van der Waals surface area (Å²) in [5.74, 6) is 0.447. The smallest absolute Gasteiger partial charge is 0.258 e. The lowest BCUT2D eigenvalue weighted by molar-refractivity contribution is -0.124. The fourth-order valence-corrected chi connectivity index (χ4v) is 3.27. The predicted octanol–water partition coefficient (Wildman–Crippen LogP) is 2.90. The zero-order valence-electron chi connectivity index (χ0n) is 15.7. The fourth-order valence-electron chi connectivity index (χ4n) is 3.27. The van der Waals surface area contributed by atoms with Gasteiger partial charge in [0.15, 0.2) is 12.4 Å². The molecule has 0 bridgehead atoms. The summed E-state index contributed by atoms with van der Waals surface area (Å²) in [4.78, 5) is 26.9. The number of ketones is 1. The molecule has 0 spiro atoms. The summed E-state index contributed by atoms with van der Waals surface area (Å²) < 4.78 is 5.56. The predicted molar refractivity (Wildman–Crippen MR) is 105 cm³/mol. The average Bonchev–Trinajstić information content (AvgIpc) is 2.73. The van der Waals surface area contributed by atoms with Gasteiger partial charge >= 0.3 is 0 Å². The standard InChI is InChI=1S/C22H26N2O3/c1-2-24-14-12-19(13-15-24)23-21(25)16-27-20-10-8-18(9-11-20)22(26)17-6-4-3-5-7-17/h3-11,19H,2,12-16H2,1H3,(H,23,25). The molecule has 0 radical (unpaired) electrons. The maximum atomic E-state index is 12.4. The molecular weight excluding hydrogens is 340 g/mol. The van der Waals surface area contributed by atoms with Crippen molar-refractivity contribution in [2.75, 3.05) is 26.2 Å². The van der Waals surface area contributed by atoms with Gasteiger partial charge in [0.1, 0.15) is 5.75 Å². The molecule has 27 heavy (non-hydrogen) atoms. The van der Waals surface area contributed by atoms with E-state index in [1.54, 1.807) is 36.4 Å². The second-order valence-electron chi connectivity index (χ2n) is 6.78. The van der Waals surface area contributed by atoms with Crippen LogP contribution in [0.25, 0.3) is 0 Å². The molecule has 0 atom stereocenters. The molecular formula is C22H26N2O3. The molecule has 0 aromatic heterocycles. The number of hydrogen-bond donors (Lipinski definition) is 1. The lowest BCUT2D eigenvalue weighted by Crippen LogP contribution is -2.45. The quantitative estimate of drug-likeness (QED) is 0.766. The number of likely N-dealkylation sites (tertiary alicyclic amines) is 1. The summed E-state index contributed by atoms with van der Waals surface area (Å²) in [5.41, 5.74) is 1.25. The Hall–Kier alpha value is -2.66. The molecule has 3 rings (SSSR count). The van der Waals surface area contributed by atoms with E-state index < -0.39 is 0 Å². The third kappa shape index (κ3) is 5.41. The van der Waals surface area contributed by atoms with E-state index in [-0.39, 0.29) is 24.3 Å².